The number of nitrogen functional groups attached to an aromatic ring is 1. The molecule has 1 aromatic heterocycles. The van der Waals surface area contributed by atoms with E-state index in [4.69, 9.17) is 5.73 Å². The SMILES string of the molecule is CCSC1CCCC1n1c(C)c(C)c(C#N)c1N. The Kier molecular flexibility index (Phi) is 3.91. The quantitative estimate of drug-likeness (QED) is 0.909. The summed E-state index contributed by atoms with van der Waals surface area (Å²) in [6, 6.07) is 2.71. The number of aromatic nitrogens is 1. The molecule has 3 nitrogen and oxygen atoms in total. The molecule has 1 aromatic rings. The molecule has 0 aromatic carbocycles. The van der Waals surface area contributed by atoms with Crippen LogP contribution in [-0.4, -0.2) is 15.6 Å². The van der Waals surface area contributed by atoms with Crippen molar-refractivity contribution >= 4 is 17.6 Å². The minimum absolute atomic E-state index is 0.468. The highest BCUT2D eigenvalue weighted by molar-refractivity contribution is 7.99. The van der Waals surface area contributed by atoms with Gasteiger partial charge in [-0.05, 0) is 38.0 Å². The van der Waals surface area contributed by atoms with Crippen LogP contribution in [-0.2, 0) is 0 Å². The van der Waals surface area contributed by atoms with Crippen LogP contribution in [0.25, 0.3) is 0 Å². The van der Waals surface area contributed by atoms with Gasteiger partial charge in [0.15, 0.2) is 0 Å². The number of rotatable bonds is 3. The molecule has 0 spiro atoms. The second-order valence-corrected chi connectivity index (χ2v) is 6.46. The van der Waals surface area contributed by atoms with E-state index in [-0.39, 0.29) is 0 Å². The molecule has 2 N–H and O–H groups in total. The summed E-state index contributed by atoms with van der Waals surface area (Å²) in [5, 5.41) is 9.85. The van der Waals surface area contributed by atoms with Gasteiger partial charge in [0.05, 0.1) is 5.56 Å². The molecule has 98 valence electrons. The lowest BCUT2D eigenvalue weighted by Gasteiger charge is -2.23. The zero-order chi connectivity index (χ0) is 13.3. The monoisotopic (exact) mass is 263 g/mol. The third-order valence-electron chi connectivity index (χ3n) is 4.04. The Morgan fingerprint density at radius 1 is 1.44 bits per heavy atom. The van der Waals surface area contributed by atoms with Gasteiger partial charge in [-0.1, -0.05) is 13.3 Å². The summed E-state index contributed by atoms with van der Waals surface area (Å²) in [7, 11) is 0. The van der Waals surface area contributed by atoms with Crippen LogP contribution in [0.1, 0.15) is 49.0 Å². The second kappa shape index (κ2) is 5.27. The first-order valence-corrected chi connectivity index (χ1v) is 7.65. The molecule has 2 unspecified atom stereocenters. The van der Waals surface area contributed by atoms with Gasteiger partial charge in [0.2, 0.25) is 0 Å². The van der Waals surface area contributed by atoms with Gasteiger partial charge < -0.3 is 10.3 Å². The van der Waals surface area contributed by atoms with Crippen LogP contribution in [0.3, 0.4) is 0 Å². The van der Waals surface area contributed by atoms with E-state index in [9.17, 15) is 5.26 Å². The van der Waals surface area contributed by atoms with Crippen molar-refractivity contribution in [3.05, 3.63) is 16.8 Å². The van der Waals surface area contributed by atoms with Crippen molar-refractivity contribution in [2.75, 3.05) is 11.5 Å². The zero-order valence-corrected chi connectivity index (χ0v) is 12.2. The predicted molar refractivity (Wildman–Crippen MR) is 77.8 cm³/mol. The molecule has 1 heterocycles. The first-order valence-electron chi connectivity index (χ1n) is 6.60. The first kappa shape index (κ1) is 13.4. The van der Waals surface area contributed by atoms with Crippen LogP contribution in [0.2, 0.25) is 0 Å². The molecule has 2 rings (SSSR count). The van der Waals surface area contributed by atoms with E-state index in [1.54, 1.807) is 0 Å². The number of anilines is 1. The number of nitrogens with zero attached hydrogens (tertiary/aromatic N) is 2. The van der Waals surface area contributed by atoms with E-state index in [0.29, 0.717) is 22.7 Å². The van der Waals surface area contributed by atoms with Crippen LogP contribution in [0.5, 0.6) is 0 Å². The first-order chi connectivity index (χ1) is 8.61. The fourth-order valence-corrected chi connectivity index (χ4v) is 4.28. The van der Waals surface area contributed by atoms with Gasteiger partial charge >= 0.3 is 0 Å². The van der Waals surface area contributed by atoms with Gasteiger partial charge in [-0.2, -0.15) is 17.0 Å². The highest BCUT2D eigenvalue weighted by atomic mass is 32.2. The van der Waals surface area contributed by atoms with E-state index in [1.165, 1.54) is 19.3 Å². The van der Waals surface area contributed by atoms with E-state index >= 15 is 0 Å². The zero-order valence-electron chi connectivity index (χ0n) is 11.4. The van der Waals surface area contributed by atoms with Crippen molar-refractivity contribution in [2.24, 2.45) is 0 Å². The Bertz CT molecular complexity index is 484. The minimum Gasteiger partial charge on any atom is -0.384 e. The fraction of sp³-hybridized carbons (Fsp3) is 0.643. The van der Waals surface area contributed by atoms with Crippen molar-refractivity contribution in [1.82, 2.24) is 4.57 Å². The molecule has 0 bridgehead atoms. The number of nitriles is 1. The lowest BCUT2D eigenvalue weighted by Crippen LogP contribution is -2.19. The largest absolute Gasteiger partial charge is 0.384 e. The molecule has 18 heavy (non-hydrogen) atoms. The minimum atomic E-state index is 0.468. The molecular formula is C14H21N3S. The van der Waals surface area contributed by atoms with Gasteiger partial charge in [0, 0.05) is 17.0 Å². The topological polar surface area (TPSA) is 54.7 Å². The highest BCUT2D eigenvalue weighted by Gasteiger charge is 2.32. The van der Waals surface area contributed by atoms with Crippen molar-refractivity contribution in [1.29, 1.82) is 5.26 Å². The third kappa shape index (κ3) is 2.01. The Morgan fingerprint density at radius 3 is 2.72 bits per heavy atom. The second-order valence-electron chi connectivity index (χ2n) is 4.94. The molecule has 0 radical (unpaired) electrons. The Morgan fingerprint density at radius 2 is 2.17 bits per heavy atom. The molecular weight excluding hydrogens is 242 g/mol. The van der Waals surface area contributed by atoms with Crippen molar-refractivity contribution in [3.63, 3.8) is 0 Å². The van der Waals surface area contributed by atoms with Crippen molar-refractivity contribution < 1.29 is 0 Å². The van der Waals surface area contributed by atoms with E-state index in [1.807, 2.05) is 18.7 Å². The van der Waals surface area contributed by atoms with Crippen molar-refractivity contribution in [2.45, 2.75) is 51.3 Å². The van der Waals surface area contributed by atoms with Crippen LogP contribution >= 0.6 is 11.8 Å². The lowest BCUT2D eigenvalue weighted by molar-refractivity contribution is 0.525. The number of hydrogen-bond acceptors (Lipinski definition) is 3. The van der Waals surface area contributed by atoms with Gasteiger partial charge in [-0.3, -0.25) is 0 Å². The standard InChI is InChI=1S/C14H21N3S/c1-4-18-13-7-5-6-12(13)17-10(3)9(2)11(8-15)14(17)16/h12-13H,4-7,16H2,1-3H3. The van der Waals surface area contributed by atoms with Crippen LogP contribution in [0, 0.1) is 25.2 Å². The van der Waals surface area contributed by atoms with Gasteiger partial charge in [-0.25, -0.2) is 0 Å². The molecule has 1 aliphatic carbocycles. The smallest absolute Gasteiger partial charge is 0.122 e. The molecule has 1 saturated carbocycles. The molecule has 2 atom stereocenters. The molecule has 0 aliphatic heterocycles. The van der Waals surface area contributed by atoms with Gasteiger partial charge in [0.1, 0.15) is 11.9 Å². The Hall–Kier alpha value is -1.08. The number of nitrogens with two attached hydrogens (primary N) is 1. The summed E-state index contributed by atoms with van der Waals surface area (Å²) < 4.78 is 2.22. The summed E-state index contributed by atoms with van der Waals surface area (Å²) in [6.45, 7) is 6.29. The van der Waals surface area contributed by atoms with Crippen LogP contribution in [0.4, 0.5) is 5.82 Å². The summed E-state index contributed by atoms with van der Waals surface area (Å²) >= 11 is 2.02. The summed E-state index contributed by atoms with van der Waals surface area (Å²) in [6.07, 6.45) is 3.71. The molecule has 1 aliphatic rings. The number of thioether (sulfide) groups is 1. The Labute approximate surface area is 113 Å². The molecule has 0 amide bonds. The van der Waals surface area contributed by atoms with Gasteiger partial charge in [-0.15, -0.1) is 0 Å². The highest BCUT2D eigenvalue weighted by Crippen LogP contribution is 2.42. The van der Waals surface area contributed by atoms with Gasteiger partial charge in [0.25, 0.3) is 0 Å². The molecule has 1 fully saturated rings. The maximum absolute atomic E-state index is 9.20. The number of hydrogen-bond donors (Lipinski definition) is 1. The summed E-state index contributed by atoms with van der Waals surface area (Å²) in [4.78, 5) is 0. The predicted octanol–water partition coefficient (Wildman–Crippen LogP) is 3.41. The third-order valence-corrected chi connectivity index (χ3v) is 5.35. The van der Waals surface area contributed by atoms with E-state index < -0.39 is 0 Å². The Balaban J connectivity index is 2.42. The van der Waals surface area contributed by atoms with Crippen molar-refractivity contribution in [3.8, 4) is 6.07 Å². The lowest BCUT2D eigenvalue weighted by atomic mass is 10.2. The molecule has 4 heteroatoms. The van der Waals surface area contributed by atoms with E-state index in [0.717, 1.165) is 17.0 Å². The normalized spacial score (nSPS) is 23.2. The van der Waals surface area contributed by atoms with Crippen LogP contribution in [0.15, 0.2) is 0 Å². The summed E-state index contributed by atoms with van der Waals surface area (Å²) in [5.74, 6) is 1.81. The maximum Gasteiger partial charge on any atom is 0.122 e. The van der Waals surface area contributed by atoms with E-state index in [2.05, 4.69) is 24.5 Å². The maximum atomic E-state index is 9.20. The molecule has 0 saturated heterocycles. The van der Waals surface area contributed by atoms with Crippen LogP contribution < -0.4 is 5.73 Å². The average molecular weight is 263 g/mol. The summed E-state index contributed by atoms with van der Waals surface area (Å²) in [5.41, 5.74) is 9.06. The fourth-order valence-electron chi connectivity index (χ4n) is 3.03. The average Bonchev–Trinajstić information content (AvgIpc) is 2.86.